The van der Waals surface area contributed by atoms with E-state index in [9.17, 15) is 19.5 Å². The Kier molecular flexibility index (Phi) is 8.42. The zero-order valence-electron chi connectivity index (χ0n) is 21.7. The van der Waals surface area contributed by atoms with E-state index in [2.05, 4.69) is 5.32 Å². The van der Waals surface area contributed by atoms with E-state index in [1.807, 2.05) is 54.1 Å². The molecule has 2 N–H and O–H groups in total. The number of nitrogens with zero attached hydrogens (tertiary/aromatic N) is 2. The van der Waals surface area contributed by atoms with Crippen molar-refractivity contribution in [1.82, 2.24) is 15.2 Å². The summed E-state index contributed by atoms with van der Waals surface area (Å²) in [6.07, 6.45) is 3.08. The van der Waals surface area contributed by atoms with Gasteiger partial charge in [0.15, 0.2) is 5.76 Å². The molecule has 0 saturated carbocycles. The first-order valence-electron chi connectivity index (χ1n) is 13.3. The van der Waals surface area contributed by atoms with Gasteiger partial charge in [-0.1, -0.05) is 25.1 Å². The number of rotatable bonds is 10. The molecule has 2 amide bonds. The molecule has 4 aromatic rings. The first kappa shape index (κ1) is 27.1. The fraction of sp³-hybridized carbons (Fsp3) is 0.379. The topological polar surface area (TPSA) is 113 Å². The average Bonchev–Trinajstić information content (AvgIpc) is 3.70. The van der Waals surface area contributed by atoms with Crippen molar-refractivity contribution >= 4 is 51.4 Å². The minimum Gasteiger partial charge on any atom is -0.481 e. The number of furan rings is 1. The van der Waals surface area contributed by atoms with E-state index in [1.54, 1.807) is 4.90 Å². The summed E-state index contributed by atoms with van der Waals surface area (Å²) in [5.41, 5.74) is 2.32. The van der Waals surface area contributed by atoms with Crippen molar-refractivity contribution in [2.24, 2.45) is 11.8 Å². The number of piperidine rings is 1. The second-order valence-corrected chi connectivity index (χ2v) is 11.6. The molecule has 1 aliphatic heterocycles. The highest BCUT2D eigenvalue weighted by atomic mass is 32.1. The SMILES string of the molecule is CCC(C(=O)O)C1CCCN(C(=O)CCCNC(=O)c2sccc2-c2nc(-c3cc4ccccc4o3)cs2)C1. The molecule has 1 aromatic carbocycles. The summed E-state index contributed by atoms with van der Waals surface area (Å²) in [5, 5.41) is 18.0. The van der Waals surface area contributed by atoms with Crippen molar-refractivity contribution in [1.29, 1.82) is 0 Å². The number of aromatic nitrogens is 1. The summed E-state index contributed by atoms with van der Waals surface area (Å²) >= 11 is 2.83. The number of carboxylic acids is 1. The van der Waals surface area contributed by atoms with Crippen molar-refractivity contribution in [2.75, 3.05) is 19.6 Å². The van der Waals surface area contributed by atoms with Gasteiger partial charge in [-0.25, -0.2) is 4.98 Å². The van der Waals surface area contributed by atoms with Crippen LogP contribution < -0.4 is 5.32 Å². The molecule has 4 heterocycles. The van der Waals surface area contributed by atoms with E-state index < -0.39 is 11.9 Å². The number of carboxylic acid groups (broad SMARTS) is 1. The number of nitrogens with one attached hydrogen (secondary N) is 1. The van der Waals surface area contributed by atoms with Crippen molar-refractivity contribution in [2.45, 2.75) is 39.0 Å². The van der Waals surface area contributed by atoms with Crippen LogP contribution in [0, 0.1) is 11.8 Å². The summed E-state index contributed by atoms with van der Waals surface area (Å²) in [4.78, 5) is 44.4. The van der Waals surface area contributed by atoms with Gasteiger partial charge in [0.2, 0.25) is 5.91 Å². The zero-order chi connectivity index (χ0) is 27.4. The van der Waals surface area contributed by atoms with E-state index in [4.69, 9.17) is 9.40 Å². The van der Waals surface area contributed by atoms with Crippen LogP contribution in [-0.2, 0) is 9.59 Å². The summed E-state index contributed by atoms with van der Waals surface area (Å²) < 4.78 is 5.94. The Balaban J connectivity index is 1.14. The number of carbonyl (C=O) groups is 3. The number of para-hydroxylation sites is 1. The van der Waals surface area contributed by atoms with Gasteiger partial charge < -0.3 is 19.7 Å². The molecule has 0 aliphatic carbocycles. The molecule has 0 spiro atoms. The molecule has 8 nitrogen and oxygen atoms in total. The Hall–Kier alpha value is -3.50. The summed E-state index contributed by atoms with van der Waals surface area (Å²) in [6, 6.07) is 11.7. The Morgan fingerprint density at radius 3 is 2.87 bits per heavy atom. The number of thiazole rings is 1. The Labute approximate surface area is 234 Å². The lowest BCUT2D eigenvalue weighted by Gasteiger charge is -2.35. The first-order valence-corrected chi connectivity index (χ1v) is 15.0. The molecule has 0 bridgehead atoms. The van der Waals surface area contributed by atoms with Crippen LogP contribution in [-0.4, -0.2) is 52.4 Å². The van der Waals surface area contributed by atoms with Gasteiger partial charge in [0.1, 0.15) is 21.2 Å². The molecule has 2 atom stereocenters. The predicted octanol–water partition coefficient (Wildman–Crippen LogP) is 6.14. The van der Waals surface area contributed by atoms with Gasteiger partial charge in [0.25, 0.3) is 5.91 Å². The molecule has 1 aliphatic rings. The molecule has 3 aromatic heterocycles. The third-order valence-electron chi connectivity index (χ3n) is 7.27. The van der Waals surface area contributed by atoms with Crippen LogP contribution in [0.15, 0.2) is 51.6 Å². The molecule has 5 rings (SSSR count). The molecule has 0 radical (unpaired) electrons. The number of carbonyl (C=O) groups excluding carboxylic acids is 2. The van der Waals surface area contributed by atoms with Gasteiger partial charge in [-0.3, -0.25) is 14.4 Å². The third-order valence-corrected chi connectivity index (χ3v) is 9.06. The number of aliphatic carboxylic acids is 1. The molecular weight excluding hydrogens is 534 g/mol. The number of thiophene rings is 1. The van der Waals surface area contributed by atoms with Crippen LogP contribution in [0.1, 0.15) is 48.7 Å². The Morgan fingerprint density at radius 1 is 1.23 bits per heavy atom. The lowest BCUT2D eigenvalue weighted by molar-refractivity contribution is -0.146. The minimum absolute atomic E-state index is 0.000345. The van der Waals surface area contributed by atoms with Crippen LogP contribution in [0.5, 0.6) is 0 Å². The fourth-order valence-electron chi connectivity index (χ4n) is 5.23. The van der Waals surface area contributed by atoms with E-state index in [0.717, 1.165) is 40.1 Å². The number of amides is 2. The van der Waals surface area contributed by atoms with Crippen LogP contribution in [0.25, 0.3) is 33.0 Å². The molecular formula is C29H31N3O5S2. The molecule has 2 unspecified atom stereocenters. The van der Waals surface area contributed by atoms with Crippen molar-refractivity contribution in [3.8, 4) is 22.0 Å². The smallest absolute Gasteiger partial charge is 0.306 e. The van der Waals surface area contributed by atoms with Crippen LogP contribution in [0.3, 0.4) is 0 Å². The summed E-state index contributed by atoms with van der Waals surface area (Å²) in [7, 11) is 0. The Morgan fingerprint density at radius 2 is 2.08 bits per heavy atom. The summed E-state index contributed by atoms with van der Waals surface area (Å²) in [5.74, 6) is -0.660. The van der Waals surface area contributed by atoms with Crippen LogP contribution >= 0.6 is 22.7 Å². The molecule has 1 fully saturated rings. The normalized spacial score (nSPS) is 16.3. The van der Waals surface area contributed by atoms with Crippen LogP contribution in [0.2, 0.25) is 0 Å². The van der Waals surface area contributed by atoms with Crippen molar-refractivity contribution < 1.29 is 23.9 Å². The second-order valence-electron chi connectivity index (χ2n) is 9.80. The van der Waals surface area contributed by atoms with Crippen molar-refractivity contribution in [3.63, 3.8) is 0 Å². The largest absolute Gasteiger partial charge is 0.481 e. The minimum atomic E-state index is -0.782. The van der Waals surface area contributed by atoms with Crippen LogP contribution in [0.4, 0.5) is 0 Å². The quantitative estimate of drug-likeness (QED) is 0.223. The van der Waals surface area contributed by atoms with E-state index in [0.29, 0.717) is 49.5 Å². The lowest BCUT2D eigenvalue weighted by Crippen LogP contribution is -2.43. The van der Waals surface area contributed by atoms with Gasteiger partial charge in [-0.2, -0.15) is 0 Å². The molecule has 204 valence electrons. The van der Waals surface area contributed by atoms with Gasteiger partial charge in [-0.05, 0) is 55.2 Å². The average molecular weight is 566 g/mol. The number of benzene rings is 1. The second kappa shape index (κ2) is 12.1. The van der Waals surface area contributed by atoms with E-state index >= 15 is 0 Å². The summed E-state index contributed by atoms with van der Waals surface area (Å²) in [6.45, 7) is 3.43. The van der Waals surface area contributed by atoms with Gasteiger partial charge in [0.05, 0.1) is 5.92 Å². The maximum Gasteiger partial charge on any atom is 0.306 e. The number of fused-ring (bicyclic) bond motifs is 1. The Bertz CT molecular complexity index is 1440. The van der Waals surface area contributed by atoms with Crippen molar-refractivity contribution in [3.05, 3.63) is 52.0 Å². The lowest BCUT2D eigenvalue weighted by atomic mass is 9.83. The van der Waals surface area contributed by atoms with Gasteiger partial charge in [-0.15, -0.1) is 22.7 Å². The first-order chi connectivity index (χ1) is 18.9. The highest BCUT2D eigenvalue weighted by molar-refractivity contribution is 7.15. The van der Waals surface area contributed by atoms with E-state index in [-0.39, 0.29) is 17.7 Å². The highest BCUT2D eigenvalue weighted by Crippen LogP contribution is 2.35. The molecule has 39 heavy (non-hydrogen) atoms. The van der Waals surface area contributed by atoms with Gasteiger partial charge in [0, 0.05) is 42.4 Å². The number of hydrogen-bond acceptors (Lipinski definition) is 7. The number of hydrogen-bond donors (Lipinski definition) is 2. The highest BCUT2D eigenvalue weighted by Gasteiger charge is 2.32. The van der Waals surface area contributed by atoms with Gasteiger partial charge >= 0.3 is 5.97 Å². The van der Waals surface area contributed by atoms with E-state index in [1.165, 1.54) is 22.7 Å². The molecule has 1 saturated heterocycles. The third kappa shape index (κ3) is 6.07. The zero-order valence-corrected chi connectivity index (χ0v) is 23.4. The predicted molar refractivity (Wildman–Crippen MR) is 153 cm³/mol. The standard InChI is InChI=1S/C29H31N3O5S2/c1-2-20(29(35)36)19-8-6-13-32(16-19)25(33)10-5-12-30-27(34)26-21(11-14-38-26)28-31-22(17-39-28)24-15-18-7-3-4-9-23(18)37-24/h3-4,7,9,11,14-15,17,19-20H,2,5-6,8,10,12-13,16H2,1H3,(H,30,34)(H,35,36). The maximum absolute atomic E-state index is 13.0. The molecule has 10 heteroatoms. The fourth-order valence-corrected chi connectivity index (χ4v) is 6.94. The number of likely N-dealkylation sites (tertiary alicyclic amines) is 1. The monoisotopic (exact) mass is 565 g/mol. The maximum atomic E-state index is 13.0.